The Labute approximate surface area is 118 Å². The molecule has 1 aromatic heterocycles. The van der Waals surface area contributed by atoms with E-state index in [-0.39, 0.29) is 6.42 Å². The lowest BCUT2D eigenvalue weighted by atomic mass is 9.94. The summed E-state index contributed by atoms with van der Waals surface area (Å²) in [6.45, 7) is 2.78. The van der Waals surface area contributed by atoms with Crippen LogP contribution in [0.4, 0.5) is 5.95 Å². The molecule has 0 radical (unpaired) electrons. The molecule has 0 aliphatic heterocycles. The van der Waals surface area contributed by atoms with Gasteiger partial charge in [0.2, 0.25) is 5.95 Å². The fourth-order valence-corrected chi connectivity index (χ4v) is 2.06. The van der Waals surface area contributed by atoms with Crippen molar-refractivity contribution in [3.63, 3.8) is 0 Å². The second-order valence-corrected chi connectivity index (χ2v) is 4.68. The summed E-state index contributed by atoms with van der Waals surface area (Å²) in [5.41, 5.74) is 0.332. The molecule has 108 valence electrons. The molecule has 20 heavy (non-hydrogen) atoms. The Balaban J connectivity index is 2.39. The Bertz CT molecular complexity index is 470. The molecule has 1 unspecified atom stereocenters. The van der Waals surface area contributed by atoms with Gasteiger partial charge in [-0.05, 0) is 24.8 Å². The van der Waals surface area contributed by atoms with Gasteiger partial charge in [0.15, 0.2) is 0 Å². The first kappa shape index (κ1) is 15.9. The molecule has 0 aliphatic carbocycles. The first-order valence-corrected chi connectivity index (χ1v) is 6.84. The highest BCUT2D eigenvalue weighted by atomic mass is 16.4. The quantitative estimate of drug-likeness (QED) is 0.718. The van der Waals surface area contributed by atoms with E-state index in [0.29, 0.717) is 30.5 Å². The number of carbonyl (C=O) groups is 1. The molecule has 1 rings (SSSR count). The Morgan fingerprint density at radius 1 is 1.50 bits per heavy atom. The Morgan fingerprint density at radius 2 is 2.30 bits per heavy atom. The molecule has 6 nitrogen and oxygen atoms in total. The maximum atomic E-state index is 10.6. The van der Waals surface area contributed by atoms with Gasteiger partial charge in [-0.25, -0.2) is 9.97 Å². The van der Waals surface area contributed by atoms with Crippen LogP contribution in [0.15, 0.2) is 12.3 Å². The SMILES string of the molecule is CCCC(CCNc1nccc(C#N)n1)CCC(=O)O. The van der Waals surface area contributed by atoms with Crippen molar-refractivity contribution >= 4 is 11.9 Å². The molecular weight excluding hydrogens is 256 g/mol. The molecule has 0 amide bonds. The van der Waals surface area contributed by atoms with Crippen LogP contribution in [0.25, 0.3) is 0 Å². The van der Waals surface area contributed by atoms with Crippen LogP contribution in [0.5, 0.6) is 0 Å². The van der Waals surface area contributed by atoms with Gasteiger partial charge in [0.1, 0.15) is 11.8 Å². The van der Waals surface area contributed by atoms with Crippen molar-refractivity contribution in [3.05, 3.63) is 18.0 Å². The summed E-state index contributed by atoms with van der Waals surface area (Å²) in [5.74, 6) is 0.0874. The fourth-order valence-electron chi connectivity index (χ4n) is 2.06. The average molecular weight is 276 g/mol. The van der Waals surface area contributed by atoms with E-state index in [2.05, 4.69) is 22.2 Å². The van der Waals surface area contributed by atoms with E-state index in [4.69, 9.17) is 10.4 Å². The number of anilines is 1. The molecule has 0 fully saturated rings. The van der Waals surface area contributed by atoms with Crippen LogP contribution >= 0.6 is 0 Å². The molecule has 0 saturated carbocycles. The van der Waals surface area contributed by atoms with Gasteiger partial charge in [-0.2, -0.15) is 5.26 Å². The highest BCUT2D eigenvalue weighted by molar-refractivity contribution is 5.66. The first-order chi connectivity index (χ1) is 9.65. The smallest absolute Gasteiger partial charge is 0.303 e. The van der Waals surface area contributed by atoms with Crippen LogP contribution in [0.2, 0.25) is 0 Å². The maximum Gasteiger partial charge on any atom is 0.303 e. The molecule has 0 saturated heterocycles. The number of nitrogens with one attached hydrogen (secondary N) is 1. The molecule has 2 N–H and O–H groups in total. The van der Waals surface area contributed by atoms with Crippen molar-refractivity contribution in [2.45, 2.75) is 39.0 Å². The Morgan fingerprint density at radius 3 is 2.95 bits per heavy atom. The van der Waals surface area contributed by atoms with Gasteiger partial charge >= 0.3 is 5.97 Å². The zero-order valence-electron chi connectivity index (χ0n) is 11.7. The topological polar surface area (TPSA) is 98.9 Å². The third-order valence-corrected chi connectivity index (χ3v) is 3.07. The second kappa shape index (κ2) is 8.86. The predicted octanol–water partition coefficient (Wildman–Crippen LogP) is 2.43. The van der Waals surface area contributed by atoms with Gasteiger partial charge in [-0.1, -0.05) is 19.8 Å². The van der Waals surface area contributed by atoms with Crippen molar-refractivity contribution in [1.29, 1.82) is 5.26 Å². The van der Waals surface area contributed by atoms with E-state index in [1.54, 1.807) is 12.3 Å². The van der Waals surface area contributed by atoms with Gasteiger partial charge in [0.05, 0.1) is 0 Å². The van der Waals surface area contributed by atoms with Crippen molar-refractivity contribution in [2.75, 3.05) is 11.9 Å². The molecule has 1 atom stereocenters. The van der Waals surface area contributed by atoms with Gasteiger partial charge in [-0.3, -0.25) is 4.79 Å². The molecule has 1 aromatic rings. The summed E-state index contributed by atoms with van der Waals surface area (Å²) in [6, 6.07) is 3.52. The molecule has 0 bridgehead atoms. The molecule has 0 aliphatic rings. The lowest BCUT2D eigenvalue weighted by Gasteiger charge is -2.15. The number of aromatic nitrogens is 2. The van der Waals surface area contributed by atoms with Crippen LogP contribution in [-0.2, 0) is 4.79 Å². The molecule has 1 heterocycles. The van der Waals surface area contributed by atoms with Crippen molar-refractivity contribution in [1.82, 2.24) is 9.97 Å². The zero-order chi connectivity index (χ0) is 14.8. The van der Waals surface area contributed by atoms with Gasteiger partial charge in [0, 0.05) is 19.2 Å². The predicted molar refractivity (Wildman–Crippen MR) is 75.1 cm³/mol. The van der Waals surface area contributed by atoms with Crippen LogP contribution in [-0.4, -0.2) is 27.6 Å². The molecule has 6 heteroatoms. The summed E-state index contributed by atoms with van der Waals surface area (Å²) in [4.78, 5) is 18.7. The van der Waals surface area contributed by atoms with Crippen LogP contribution in [0, 0.1) is 17.2 Å². The number of rotatable bonds is 9. The summed E-state index contributed by atoms with van der Waals surface area (Å²) in [5, 5.41) is 20.5. The summed E-state index contributed by atoms with van der Waals surface area (Å²) in [6.07, 6.45) is 5.40. The summed E-state index contributed by atoms with van der Waals surface area (Å²) in [7, 11) is 0. The van der Waals surface area contributed by atoms with Gasteiger partial charge in [-0.15, -0.1) is 0 Å². The van der Waals surface area contributed by atoms with Crippen molar-refractivity contribution in [3.8, 4) is 6.07 Å². The number of carboxylic acids is 1. The minimum atomic E-state index is -0.746. The standard InChI is InChI=1S/C14H20N4O2/c1-2-3-11(4-5-13(19)20)6-8-16-14-17-9-7-12(10-15)18-14/h7,9,11H,2-6,8H2,1H3,(H,19,20)(H,16,17,18). The molecule has 0 spiro atoms. The van der Waals surface area contributed by atoms with Crippen LogP contribution < -0.4 is 5.32 Å². The maximum absolute atomic E-state index is 10.6. The molecular formula is C14H20N4O2. The van der Waals surface area contributed by atoms with E-state index in [9.17, 15) is 4.79 Å². The molecule has 0 aromatic carbocycles. The lowest BCUT2D eigenvalue weighted by Crippen LogP contribution is -2.12. The number of carboxylic acid groups (broad SMARTS) is 1. The Hall–Kier alpha value is -2.16. The third kappa shape index (κ3) is 6.14. The van der Waals surface area contributed by atoms with E-state index < -0.39 is 5.97 Å². The highest BCUT2D eigenvalue weighted by Gasteiger charge is 2.10. The van der Waals surface area contributed by atoms with Crippen LogP contribution in [0.1, 0.15) is 44.7 Å². The summed E-state index contributed by atoms with van der Waals surface area (Å²) < 4.78 is 0. The second-order valence-electron chi connectivity index (χ2n) is 4.68. The summed E-state index contributed by atoms with van der Waals surface area (Å²) >= 11 is 0. The van der Waals surface area contributed by atoms with E-state index >= 15 is 0 Å². The number of aliphatic carboxylic acids is 1. The number of hydrogen-bond donors (Lipinski definition) is 2. The lowest BCUT2D eigenvalue weighted by molar-refractivity contribution is -0.137. The number of nitriles is 1. The largest absolute Gasteiger partial charge is 0.481 e. The highest BCUT2D eigenvalue weighted by Crippen LogP contribution is 2.17. The normalized spacial score (nSPS) is 11.6. The van der Waals surface area contributed by atoms with E-state index in [1.165, 1.54) is 0 Å². The van der Waals surface area contributed by atoms with Crippen LogP contribution in [0.3, 0.4) is 0 Å². The number of hydrogen-bond acceptors (Lipinski definition) is 5. The number of nitrogens with zero attached hydrogens (tertiary/aromatic N) is 3. The fraction of sp³-hybridized carbons (Fsp3) is 0.571. The minimum absolute atomic E-state index is 0.213. The van der Waals surface area contributed by atoms with E-state index in [0.717, 1.165) is 19.3 Å². The monoisotopic (exact) mass is 276 g/mol. The van der Waals surface area contributed by atoms with Crippen molar-refractivity contribution in [2.24, 2.45) is 5.92 Å². The van der Waals surface area contributed by atoms with Gasteiger partial charge < -0.3 is 10.4 Å². The average Bonchev–Trinajstić information content (AvgIpc) is 2.45. The first-order valence-electron chi connectivity index (χ1n) is 6.84. The minimum Gasteiger partial charge on any atom is -0.481 e. The van der Waals surface area contributed by atoms with Gasteiger partial charge in [0.25, 0.3) is 0 Å². The third-order valence-electron chi connectivity index (χ3n) is 3.07. The Kier molecular flexibility index (Phi) is 7.04. The van der Waals surface area contributed by atoms with E-state index in [1.807, 2.05) is 6.07 Å². The zero-order valence-corrected chi connectivity index (χ0v) is 11.7. The van der Waals surface area contributed by atoms with Crippen molar-refractivity contribution < 1.29 is 9.90 Å².